The van der Waals surface area contributed by atoms with Crippen LogP contribution in [0.5, 0.6) is 0 Å². The van der Waals surface area contributed by atoms with Crippen LogP contribution in [-0.4, -0.2) is 67.6 Å². The summed E-state index contributed by atoms with van der Waals surface area (Å²) in [6, 6.07) is 20.5. The van der Waals surface area contributed by atoms with Gasteiger partial charge < -0.3 is 15.1 Å². The number of hydrogen-bond donors (Lipinski definition) is 2. The van der Waals surface area contributed by atoms with Gasteiger partial charge in [0.1, 0.15) is 6.67 Å². The predicted molar refractivity (Wildman–Crippen MR) is 140 cm³/mol. The number of carbonyl (C=O) groups excluding carboxylic acids is 2. The molecule has 6 heteroatoms. The molecular formula is C29H39N4O2+. The van der Waals surface area contributed by atoms with E-state index in [-0.39, 0.29) is 17.9 Å². The number of amides is 2. The van der Waals surface area contributed by atoms with Gasteiger partial charge in [0, 0.05) is 51.1 Å². The lowest BCUT2D eigenvalue weighted by atomic mass is 10.0. The minimum absolute atomic E-state index is 0.0464. The molecule has 2 aliphatic heterocycles. The van der Waals surface area contributed by atoms with Gasteiger partial charge in [-0.25, -0.2) is 4.90 Å². The third-order valence-corrected chi connectivity index (χ3v) is 7.07. The molecule has 2 aromatic carbocycles. The van der Waals surface area contributed by atoms with E-state index in [1.165, 1.54) is 12.1 Å². The van der Waals surface area contributed by atoms with Crippen molar-refractivity contribution in [1.29, 1.82) is 0 Å². The molecule has 4 rings (SSSR count). The van der Waals surface area contributed by atoms with Crippen molar-refractivity contribution in [2.75, 3.05) is 45.9 Å². The highest BCUT2D eigenvalue weighted by Crippen LogP contribution is 2.24. The maximum Gasteiger partial charge on any atom is 0.246 e. The molecule has 0 spiro atoms. The Morgan fingerprint density at radius 3 is 2.40 bits per heavy atom. The minimum atomic E-state index is 0.0464. The molecule has 2 saturated heterocycles. The first-order valence-corrected chi connectivity index (χ1v) is 13.1. The molecule has 0 saturated carbocycles. The van der Waals surface area contributed by atoms with Crippen LogP contribution in [0, 0.1) is 0 Å². The Morgan fingerprint density at radius 1 is 0.886 bits per heavy atom. The number of carbonyl (C=O) groups is 2. The van der Waals surface area contributed by atoms with Crippen LogP contribution >= 0.6 is 0 Å². The third kappa shape index (κ3) is 7.77. The van der Waals surface area contributed by atoms with Crippen LogP contribution in [0.2, 0.25) is 0 Å². The van der Waals surface area contributed by atoms with E-state index in [4.69, 9.17) is 0 Å². The van der Waals surface area contributed by atoms with E-state index in [0.29, 0.717) is 19.5 Å². The molecule has 0 aliphatic carbocycles. The summed E-state index contributed by atoms with van der Waals surface area (Å²) in [4.78, 5) is 31.9. The maximum atomic E-state index is 12.9. The van der Waals surface area contributed by atoms with E-state index in [9.17, 15) is 9.59 Å². The topological polar surface area (TPSA) is 57.1 Å². The van der Waals surface area contributed by atoms with Crippen molar-refractivity contribution in [3.8, 4) is 0 Å². The zero-order valence-electron chi connectivity index (χ0n) is 20.7. The maximum absolute atomic E-state index is 12.9. The Morgan fingerprint density at radius 2 is 1.60 bits per heavy atom. The molecule has 2 aromatic rings. The number of quaternary nitrogens is 1. The summed E-state index contributed by atoms with van der Waals surface area (Å²) in [5.41, 5.74) is 2.24. The van der Waals surface area contributed by atoms with E-state index < -0.39 is 0 Å². The number of benzene rings is 2. The molecule has 2 fully saturated rings. The highest BCUT2D eigenvalue weighted by molar-refractivity contribution is 5.91. The second-order valence-corrected chi connectivity index (χ2v) is 9.68. The molecule has 2 heterocycles. The van der Waals surface area contributed by atoms with Crippen molar-refractivity contribution in [3.63, 3.8) is 0 Å². The van der Waals surface area contributed by atoms with Gasteiger partial charge in [-0.2, -0.15) is 0 Å². The molecule has 186 valence electrons. The Labute approximate surface area is 209 Å². The molecule has 0 radical (unpaired) electrons. The van der Waals surface area contributed by atoms with E-state index in [1.54, 1.807) is 11.0 Å². The lowest BCUT2D eigenvalue weighted by Crippen LogP contribution is -3.14. The fourth-order valence-corrected chi connectivity index (χ4v) is 5.17. The first-order chi connectivity index (χ1) is 17.2. The van der Waals surface area contributed by atoms with Crippen LogP contribution < -0.4 is 10.2 Å². The summed E-state index contributed by atoms with van der Waals surface area (Å²) in [5, 5.41) is 3.11. The van der Waals surface area contributed by atoms with Crippen LogP contribution in [0.25, 0.3) is 6.08 Å². The van der Waals surface area contributed by atoms with Crippen LogP contribution in [-0.2, 0) is 9.59 Å². The van der Waals surface area contributed by atoms with Crippen molar-refractivity contribution < 1.29 is 14.5 Å². The predicted octanol–water partition coefficient (Wildman–Crippen LogP) is 2.51. The van der Waals surface area contributed by atoms with Gasteiger partial charge in [0.25, 0.3) is 0 Å². The number of hydrogen-bond acceptors (Lipinski definition) is 3. The lowest BCUT2D eigenvalue weighted by molar-refractivity contribution is -0.917. The standard InChI is InChI=1S/C29H38N4O2/c34-28-23-27(26-13-5-2-6-14-26)33-22-10-19-31(24-33)18-7-8-20-32(21-9-17-30-28)29(35)16-15-25-11-3-1-4-12-25/h1-6,11-16,27H,7-10,17-24H2,(H,30,34)/p+1/t27-/m0/s1. The monoisotopic (exact) mass is 475 g/mol. The van der Waals surface area contributed by atoms with Gasteiger partial charge in [-0.3, -0.25) is 9.59 Å². The fraction of sp³-hybridized carbons (Fsp3) is 0.448. The summed E-state index contributed by atoms with van der Waals surface area (Å²) in [7, 11) is 0. The molecule has 6 nitrogen and oxygen atoms in total. The SMILES string of the molecule is O=C1C[C@@H](c2ccccc2)N2CCC[NH+](CCCCN(C(=O)C=Cc3ccccc3)CCCN1)C2. The average Bonchev–Trinajstić information content (AvgIpc) is 2.90. The summed E-state index contributed by atoms with van der Waals surface area (Å²) in [6.45, 7) is 6.28. The summed E-state index contributed by atoms with van der Waals surface area (Å²) >= 11 is 0. The van der Waals surface area contributed by atoms with Gasteiger partial charge >= 0.3 is 0 Å². The van der Waals surface area contributed by atoms with Gasteiger partial charge in [-0.15, -0.1) is 0 Å². The number of rotatable bonds is 3. The fourth-order valence-electron chi connectivity index (χ4n) is 5.17. The number of nitrogens with one attached hydrogen (secondary N) is 2. The molecule has 0 aromatic heterocycles. The molecule has 3 atom stereocenters. The van der Waals surface area contributed by atoms with Gasteiger partial charge in [0.05, 0.1) is 13.1 Å². The smallest absolute Gasteiger partial charge is 0.246 e. The average molecular weight is 476 g/mol. The Balaban J connectivity index is 1.42. The highest BCUT2D eigenvalue weighted by atomic mass is 16.2. The van der Waals surface area contributed by atoms with E-state index in [1.807, 2.05) is 47.4 Å². The van der Waals surface area contributed by atoms with Crippen molar-refractivity contribution in [2.24, 2.45) is 0 Å². The van der Waals surface area contributed by atoms with Crippen LogP contribution in [0.4, 0.5) is 0 Å². The number of fused-ring (bicyclic) bond motifs is 2. The van der Waals surface area contributed by atoms with Crippen LogP contribution in [0.15, 0.2) is 66.7 Å². The molecule has 2 amide bonds. The van der Waals surface area contributed by atoms with Crippen LogP contribution in [0.3, 0.4) is 0 Å². The minimum Gasteiger partial charge on any atom is -0.356 e. The molecule has 2 bridgehead atoms. The molecular weight excluding hydrogens is 436 g/mol. The van der Waals surface area contributed by atoms with Gasteiger partial charge in [-0.05, 0) is 36.5 Å². The quantitative estimate of drug-likeness (QED) is 0.671. The van der Waals surface area contributed by atoms with E-state index >= 15 is 0 Å². The zero-order chi connectivity index (χ0) is 24.3. The highest BCUT2D eigenvalue weighted by Gasteiger charge is 2.29. The van der Waals surface area contributed by atoms with Crippen molar-refractivity contribution in [1.82, 2.24) is 15.1 Å². The second-order valence-electron chi connectivity index (χ2n) is 9.68. The first-order valence-electron chi connectivity index (χ1n) is 13.1. The van der Waals surface area contributed by atoms with Crippen molar-refractivity contribution in [2.45, 2.75) is 38.1 Å². The normalized spacial score (nSPS) is 24.9. The zero-order valence-corrected chi connectivity index (χ0v) is 20.7. The molecule has 2 unspecified atom stereocenters. The van der Waals surface area contributed by atoms with Crippen LogP contribution in [0.1, 0.15) is 49.3 Å². The van der Waals surface area contributed by atoms with Crippen molar-refractivity contribution >= 4 is 17.9 Å². The van der Waals surface area contributed by atoms with Crippen molar-refractivity contribution in [3.05, 3.63) is 77.9 Å². The number of nitrogens with zero attached hydrogens (tertiary/aromatic N) is 2. The molecule has 2 aliphatic rings. The summed E-state index contributed by atoms with van der Waals surface area (Å²) in [5.74, 6) is 0.132. The second kappa shape index (κ2) is 13.2. The largest absolute Gasteiger partial charge is 0.356 e. The third-order valence-electron chi connectivity index (χ3n) is 7.07. The Bertz CT molecular complexity index is 963. The molecule has 2 N–H and O–H groups in total. The van der Waals surface area contributed by atoms with Gasteiger partial charge in [0.2, 0.25) is 11.8 Å². The molecule has 35 heavy (non-hydrogen) atoms. The first kappa shape index (κ1) is 25.1. The lowest BCUT2D eigenvalue weighted by Gasteiger charge is -2.38. The summed E-state index contributed by atoms with van der Waals surface area (Å²) in [6.07, 6.45) is 8.05. The van der Waals surface area contributed by atoms with Gasteiger partial charge in [0.15, 0.2) is 0 Å². The Hall–Kier alpha value is -2.96. The van der Waals surface area contributed by atoms with E-state index in [2.05, 4.69) is 34.5 Å². The van der Waals surface area contributed by atoms with E-state index in [0.717, 1.165) is 57.5 Å². The van der Waals surface area contributed by atoms with Gasteiger partial charge in [-0.1, -0.05) is 60.7 Å². The Kier molecular flexibility index (Phi) is 9.49. The summed E-state index contributed by atoms with van der Waals surface area (Å²) < 4.78 is 0.